The van der Waals surface area contributed by atoms with Gasteiger partial charge in [0, 0.05) is 18.8 Å². The van der Waals surface area contributed by atoms with E-state index in [0.717, 1.165) is 12.1 Å². The first-order chi connectivity index (χ1) is 7.58. The maximum Gasteiger partial charge on any atom is 0.252 e. The van der Waals surface area contributed by atoms with Crippen LogP contribution in [0.15, 0.2) is 18.2 Å². The Bertz CT molecular complexity index is 379. The Morgan fingerprint density at radius 1 is 1.50 bits per heavy atom. The van der Waals surface area contributed by atoms with Crippen molar-refractivity contribution in [3.8, 4) is 0 Å². The quantitative estimate of drug-likeness (QED) is 0.850. The van der Waals surface area contributed by atoms with E-state index < -0.39 is 0 Å². The van der Waals surface area contributed by atoms with Crippen molar-refractivity contribution in [1.29, 1.82) is 0 Å². The minimum Gasteiger partial charge on any atom is -0.383 e. The summed E-state index contributed by atoms with van der Waals surface area (Å²) in [5.74, 6) is -0.169. The largest absolute Gasteiger partial charge is 0.383 e. The zero-order chi connectivity index (χ0) is 12.1. The predicted molar refractivity (Wildman–Crippen MR) is 68.2 cm³/mol. The highest BCUT2D eigenvalue weighted by Crippen LogP contribution is 2.21. The lowest BCUT2D eigenvalue weighted by atomic mass is 10.1. The molecule has 16 heavy (non-hydrogen) atoms. The number of nitrogens with one attached hydrogen (secondary N) is 2. The molecule has 1 rings (SSSR count). The van der Waals surface area contributed by atoms with Gasteiger partial charge in [0.2, 0.25) is 0 Å². The van der Waals surface area contributed by atoms with Crippen molar-refractivity contribution in [3.05, 3.63) is 28.8 Å². The third kappa shape index (κ3) is 3.14. The molecule has 0 fully saturated rings. The number of amides is 1. The lowest BCUT2D eigenvalue weighted by Crippen LogP contribution is -2.19. The van der Waals surface area contributed by atoms with Gasteiger partial charge in [0.15, 0.2) is 0 Å². The van der Waals surface area contributed by atoms with Gasteiger partial charge in [-0.3, -0.25) is 4.79 Å². The molecule has 1 aromatic carbocycles. The number of halogens is 1. The molecule has 88 valence electrons. The summed E-state index contributed by atoms with van der Waals surface area (Å²) >= 11 is 5.95. The van der Waals surface area contributed by atoms with E-state index in [2.05, 4.69) is 24.5 Å². The number of carbonyl (C=O) groups is 1. The molecule has 4 heteroatoms. The lowest BCUT2D eigenvalue weighted by Gasteiger charge is -2.14. The minimum absolute atomic E-state index is 0.169. The molecule has 0 saturated heterocycles. The van der Waals surface area contributed by atoms with Crippen molar-refractivity contribution in [1.82, 2.24) is 5.32 Å². The topological polar surface area (TPSA) is 41.1 Å². The van der Waals surface area contributed by atoms with E-state index >= 15 is 0 Å². The fraction of sp³-hybridized carbons (Fsp3) is 0.417. The zero-order valence-electron chi connectivity index (χ0n) is 9.80. The molecule has 0 aliphatic heterocycles. The van der Waals surface area contributed by atoms with E-state index in [4.69, 9.17) is 11.6 Å². The minimum atomic E-state index is -0.169. The first-order valence-corrected chi connectivity index (χ1v) is 5.74. The van der Waals surface area contributed by atoms with Gasteiger partial charge in [0.1, 0.15) is 0 Å². The van der Waals surface area contributed by atoms with Gasteiger partial charge in [-0.15, -0.1) is 0 Å². The first-order valence-electron chi connectivity index (χ1n) is 5.36. The summed E-state index contributed by atoms with van der Waals surface area (Å²) < 4.78 is 0. The number of hydrogen-bond donors (Lipinski definition) is 2. The van der Waals surface area contributed by atoms with Crippen molar-refractivity contribution >= 4 is 23.2 Å². The van der Waals surface area contributed by atoms with Gasteiger partial charge in [-0.1, -0.05) is 18.5 Å². The molecule has 0 aliphatic rings. The zero-order valence-corrected chi connectivity index (χ0v) is 10.6. The maximum absolute atomic E-state index is 11.5. The Morgan fingerprint density at radius 2 is 2.19 bits per heavy atom. The molecule has 1 amide bonds. The van der Waals surface area contributed by atoms with Crippen LogP contribution in [0.4, 0.5) is 5.69 Å². The van der Waals surface area contributed by atoms with Gasteiger partial charge in [-0.25, -0.2) is 0 Å². The number of anilines is 1. The normalized spacial score (nSPS) is 12.0. The average molecular weight is 241 g/mol. The van der Waals surface area contributed by atoms with E-state index in [1.54, 1.807) is 19.2 Å². The van der Waals surface area contributed by atoms with E-state index in [-0.39, 0.29) is 5.91 Å². The molecule has 0 aromatic heterocycles. The van der Waals surface area contributed by atoms with E-state index in [1.165, 1.54) is 0 Å². The molecule has 1 atom stereocenters. The molecule has 0 saturated carbocycles. The van der Waals surface area contributed by atoms with Gasteiger partial charge in [-0.05, 0) is 31.5 Å². The van der Waals surface area contributed by atoms with E-state index in [9.17, 15) is 4.79 Å². The van der Waals surface area contributed by atoms with Crippen molar-refractivity contribution in [2.45, 2.75) is 26.3 Å². The van der Waals surface area contributed by atoms with Crippen molar-refractivity contribution in [2.75, 3.05) is 12.4 Å². The van der Waals surface area contributed by atoms with Crippen LogP contribution in [0.5, 0.6) is 0 Å². The third-order valence-corrected chi connectivity index (χ3v) is 2.79. The van der Waals surface area contributed by atoms with Crippen LogP contribution in [0.25, 0.3) is 0 Å². The van der Waals surface area contributed by atoms with Gasteiger partial charge < -0.3 is 10.6 Å². The summed E-state index contributed by atoms with van der Waals surface area (Å²) in [5.41, 5.74) is 1.41. The Labute approximate surface area is 101 Å². The fourth-order valence-corrected chi connectivity index (χ4v) is 1.51. The van der Waals surface area contributed by atoms with Crippen LogP contribution in [0.1, 0.15) is 30.6 Å². The van der Waals surface area contributed by atoms with Crippen molar-refractivity contribution in [2.24, 2.45) is 0 Å². The first kappa shape index (κ1) is 12.8. The Hall–Kier alpha value is -1.22. The van der Waals surface area contributed by atoms with E-state index in [0.29, 0.717) is 16.6 Å². The summed E-state index contributed by atoms with van der Waals surface area (Å²) in [6, 6.07) is 5.75. The molecule has 0 spiro atoms. The second kappa shape index (κ2) is 5.75. The molecule has 0 heterocycles. The summed E-state index contributed by atoms with van der Waals surface area (Å²) in [6.07, 6.45) is 1.03. The Kier molecular flexibility index (Phi) is 4.62. The third-order valence-electron chi connectivity index (χ3n) is 2.46. The number of hydrogen-bond acceptors (Lipinski definition) is 2. The summed E-state index contributed by atoms with van der Waals surface area (Å²) in [5, 5.41) is 6.33. The van der Waals surface area contributed by atoms with Crippen LogP contribution in [0, 0.1) is 0 Å². The van der Waals surface area contributed by atoms with Crippen molar-refractivity contribution in [3.63, 3.8) is 0 Å². The maximum atomic E-state index is 11.5. The van der Waals surface area contributed by atoms with Crippen LogP contribution >= 0.6 is 11.6 Å². The van der Waals surface area contributed by atoms with Crippen LogP contribution in [-0.4, -0.2) is 19.0 Å². The second-order valence-corrected chi connectivity index (χ2v) is 4.13. The van der Waals surface area contributed by atoms with Gasteiger partial charge >= 0.3 is 0 Å². The van der Waals surface area contributed by atoms with Crippen LogP contribution in [0.3, 0.4) is 0 Å². The van der Waals surface area contributed by atoms with Crippen LogP contribution in [0.2, 0.25) is 5.02 Å². The standard InChI is InChI=1S/C12H17ClN2O/c1-4-8(2)15-9-5-6-11(13)10(7-9)12(16)14-3/h5-8,15H,4H2,1-3H3,(H,14,16). The monoisotopic (exact) mass is 240 g/mol. The Morgan fingerprint density at radius 3 is 2.75 bits per heavy atom. The van der Waals surface area contributed by atoms with Gasteiger partial charge in [0.05, 0.1) is 10.6 Å². The highest BCUT2D eigenvalue weighted by Gasteiger charge is 2.10. The van der Waals surface area contributed by atoms with Crippen LogP contribution in [-0.2, 0) is 0 Å². The van der Waals surface area contributed by atoms with Gasteiger partial charge in [0.25, 0.3) is 5.91 Å². The summed E-state index contributed by atoms with van der Waals surface area (Å²) in [7, 11) is 1.59. The smallest absolute Gasteiger partial charge is 0.252 e. The average Bonchev–Trinajstić information content (AvgIpc) is 2.30. The van der Waals surface area contributed by atoms with Crippen molar-refractivity contribution < 1.29 is 4.79 Å². The highest BCUT2D eigenvalue weighted by atomic mass is 35.5. The molecule has 1 unspecified atom stereocenters. The molecule has 0 bridgehead atoms. The molecule has 0 aliphatic carbocycles. The molecular formula is C12H17ClN2O. The summed E-state index contributed by atoms with van der Waals surface area (Å²) in [6.45, 7) is 4.20. The number of rotatable bonds is 4. The highest BCUT2D eigenvalue weighted by molar-refractivity contribution is 6.34. The van der Waals surface area contributed by atoms with Crippen LogP contribution < -0.4 is 10.6 Å². The summed E-state index contributed by atoms with van der Waals surface area (Å²) in [4.78, 5) is 11.5. The molecule has 1 aromatic rings. The molecular weight excluding hydrogens is 224 g/mol. The lowest BCUT2D eigenvalue weighted by molar-refractivity contribution is 0.0963. The SMILES string of the molecule is CCC(C)Nc1ccc(Cl)c(C(=O)NC)c1. The number of carbonyl (C=O) groups excluding carboxylic acids is 1. The molecule has 0 radical (unpaired) electrons. The number of benzene rings is 1. The molecule has 2 N–H and O–H groups in total. The fourth-order valence-electron chi connectivity index (χ4n) is 1.31. The van der Waals surface area contributed by atoms with Gasteiger partial charge in [-0.2, -0.15) is 0 Å². The molecule has 3 nitrogen and oxygen atoms in total. The Balaban J connectivity index is 2.93. The second-order valence-electron chi connectivity index (χ2n) is 3.73. The predicted octanol–water partition coefficient (Wildman–Crippen LogP) is 2.91. The van der Waals surface area contributed by atoms with E-state index in [1.807, 2.05) is 6.07 Å².